The maximum absolute atomic E-state index is 11.4. The van der Waals surface area contributed by atoms with Crippen LogP contribution in [0.25, 0.3) is 0 Å². The Kier molecular flexibility index (Phi) is 2.91. The lowest BCUT2D eigenvalue weighted by Gasteiger charge is -2.10. The van der Waals surface area contributed by atoms with Gasteiger partial charge < -0.3 is 4.42 Å². The van der Waals surface area contributed by atoms with E-state index in [9.17, 15) is 4.79 Å². The van der Waals surface area contributed by atoms with Crippen molar-refractivity contribution in [3.63, 3.8) is 0 Å². The molecule has 1 aromatic heterocycles. The molecule has 0 saturated carbocycles. The minimum atomic E-state index is -0.0252. The Morgan fingerprint density at radius 3 is 2.50 bits per heavy atom. The van der Waals surface area contributed by atoms with Crippen LogP contribution in [0.3, 0.4) is 0 Å². The molecule has 0 aliphatic rings. The first kappa shape index (κ1) is 10.7. The van der Waals surface area contributed by atoms with Crippen molar-refractivity contribution >= 4 is 5.78 Å². The van der Waals surface area contributed by atoms with Gasteiger partial charge in [0.15, 0.2) is 11.5 Å². The van der Waals surface area contributed by atoms with Crippen LogP contribution < -0.4 is 0 Å². The van der Waals surface area contributed by atoms with E-state index in [1.807, 2.05) is 24.3 Å². The van der Waals surface area contributed by atoms with E-state index in [0.717, 1.165) is 5.56 Å². The molecule has 16 heavy (non-hydrogen) atoms. The molecule has 0 amide bonds. The summed E-state index contributed by atoms with van der Waals surface area (Å²) in [6.45, 7) is 3.60. The van der Waals surface area contributed by atoms with E-state index < -0.39 is 0 Å². The summed E-state index contributed by atoms with van der Waals surface area (Å²) in [5.41, 5.74) is 2.14. The second-order valence-corrected chi connectivity index (χ2v) is 3.89. The molecule has 0 spiro atoms. The molecule has 82 valence electrons. The Labute approximate surface area is 94.9 Å². The average Bonchev–Trinajstić information content (AvgIpc) is 2.78. The van der Waals surface area contributed by atoms with E-state index in [2.05, 4.69) is 19.1 Å². The summed E-state index contributed by atoms with van der Waals surface area (Å²) in [6.07, 6.45) is 1.57. The average molecular weight is 214 g/mol. The van der Waals surface area contributed by atoms with E-state index in [1.54, 1.807) is 6.26 Å². The van der Waals surface area contributed by atoms with Crippen molar-refractivity contribution < 1.29 is 9.21 Å². The second-order valence-electron chi connectivity index (χ2n) is 3.89. The minimum absolute atomic E-state index is 0.0252. The summed E-state index contributed by atoms with van der Waals surface area (Å²) in [6, 6.07) is 12.0. The molecule has 0 fully saturated rings. The van der Waals surface area contributed by atoms with Crippen LogP contribution in [0.4, 0.5) is 0 Å². The van der Waals surface area contributed by atoms with Crippen LogP contribution in [0.2, 0.25) is 0 Å². The molecule has 0 saturated heterocycles. The normalized spacial score (nSPS) is 12.4. The van der Waals surface area contributed by atoms with Crippen LogP contribution in [0.5, 0.6) is 0 Å². The Balaban J connectivity index is 2.38. The molecule has 2 nitrogen and oxygen atoms in total. The van der Waals surface area contributed by atoms with E-state index in [-0.39, 0.29) is 11.7 Å². The van der Waals surface area contributed by atoms with Gasteiger partial charge in [-0.25, -0.2) is 0 Å². The van der Waals surface area contributed by atoms with Gasteiger partial charge in [-0.1, -0.05) is 37.3 Å². The predicted octanol–water partition coefficient (Wildman–Crippen LogP) is 3.63. The Bertz CT molecular complexity index is 482. The predicted molar refractivity (Wildman–Crippen MR) is 62.7 cm³/mol. The molecule has 1 aromatic carbocycles. The largest absolute Gasteiger partial charge is 0.461 e. The zero-order chi connectivity index (χ0) is 11.5. The fourth-order valence-electron chi connectivity index (χ4n) is 1.87. The van der Waals surface area contributed by atoms with Crippen molar-refractivity contribution in [1.82, 2.24) is 0 Å². The van der Waals surface area contributed by atoms with Gasteiger partial charge in [-0.3, -0.25) is 4.79 Å². The third-order valence-electron chi connectivity index (χ3n) is 2.78. The van der Waals surface area contributed by atoms with Crippen LogP contribution in [0.15, 0.2) is 47.1 Å². The maximum Gasteiger partial charge on any atom is 0.195 e. The highest BCUT2D eigenvalue weighted by Gasteiger charge is 2.17. The SMILES string of the molecule is CC(=O)c1occc1C(C)c1ccccc1. The van der Waals surface area contributed by atoms with Crippen molar-refractivity contribution in [2.75, 3.05) is 0 Å². The molecule has 0 radical (unpaired) electrons. The molecule has 0 bridgehead atoms. The summed E-state index contributed by atoms with van der Waals surface area (Å²) in [5.74, 6) is 0.623. The number of furan rings is 1. The van der Waals surface area contributed by atoms with Gasteiger partial charge in [0.25, 0.3) is 0 Å². The molecule has 0 aliphatic heterocycles. The Morgan fingerprint density at radius 2 is 1.88 bits per heavy atom. The topological polar surface area (TPSA) is 30.2 Å². The third kappa shape index (κ3) is 1.91. The summed E-state index contributed by atoms with van der Waals surface area (Å²) in [5, 5.41) is 0. The van der Waals surface area contributed by atoms with Crippen molar-refractivity contribution in [3.05, 3.63) is 59.5 Å². The van der Waals surface area contributed by atoms with E-state index in [1.165, 1.54) is 12.5 Å². The van der Waals surface area contributed by atoms with E-state index in [4.69, 9.17) is 4.42 Å². The number of ketones is 1. The van der Waals surface area contributed by atoms with E-state index in [0.29, 0.717) is 5.76 Å². The lowest BCUT2D eigenvalue weighted by Crippen LogP contribution is -2.01. The van der Waals surface area contributed by atoms with Crippen molar-refractivity contribution in [2.24, 2.45) is 0 Å². The highest BCUT2D eigenvalue weighted by Crippen LogP contribution is 2.27. The number of hydrogen-bond donors (Lipinski definition) is 0. The van der Waals surface area contributed by atoms with Crippen molar-refractivity contribution in [2.45, 2.75) is 19.8 Å². The first-order valence-electron chi connectivity index (χ1n) is 5.33. The van der Waals surface area contributed by atoms with Gasteiger partial charge in [-0.15, -0.1) is 0 Å². The minimum Gasteiger partial charge on any atom is -0.461 e. The van der Waals surface area contributed by atoms with Gasteiger partial charge in [0, 0.05) is 18.4 Å². The van der Waals surface area contributed by atoms with Crippen molar-refractivity contribution in [1.29, 1.82) is 0 Å². The Morgan fingerprint density at radius 1 is 1.19 bits per heavy atom. The number of carbonyl (C=O) groups is 1. The van der Waals surface area contributed by atoms with Crippen LogP contribution >= 0.6 is 0 Å². The van der Waals surface area contributed by atoms with Crippen LogP contribution in [0.1, 0.15) is 41.4 Å². The monoisotopic (exact) mass is 214 g/mol. The molecule has 0 aliphatic carbocycles. The van der Waals surface area contributed by atoms with Gasteiger partial charge in [-0.05, 0) is 11.6 Å². The molecular formula is C14H14O2. The summed E-state index contributed by atoms with van der Waals surface area (Å²) in [7, 11) is 0. The summed E-state index contributed by atoms with van der Waals surface area (Å²) in [4.78, 5) is 11.4. The fraction of sp³-hybridized carbons (Fsp3) is 0.214. The number of benzene rings is 1. The van der Waals surface area contributed by atoms with Crippen LogP contribution in [0, 0.1) is 0 Å². The standard InChI is InChI=1S/C14H14O2/c1-10(12-6-4-3-5-7-12)13-8-9-16-14(13)11(2)15/h3-10H,1-2H3. The van der Waals surface area contributed by atoms with Crippen LogP contribution in [-0.2, 0) is 0 Å². The first-order chi connectivity index (χ1) is 7.70. The Hall–Kier alpha value is -1.83. The molecule has 1 heterocycles. The zero-order valence-electron chi connectivity index (χ0n) is 9.44. The second kappa shape index (κ2) is 4.35. The van der Waals surface area contributed by atoms with Gasteiger partial charge in [-0.2, -0.15) is 0 Å². The highest BCUT2D eigenvalue weighted by atomic mass is 16.3. The fourth-order valence-corrected chi connectivity index (χ4v) is 1.87. The lowest BCUT2D eigenvalue weighted by atomic mass is 9.93. The molecule has 0 N–H and O–H groups in total. The van der Waals surface area contributed by atoms with Crippen molar-refractivity contribution in [3.8, 4) is 0 Å². The van der Waals surface area contributed by atoms with E-state index >= 15 is 0 Å². The molecule has 2 heteroatoms. The highest BCUT2D eigenvalue weighted by molar-refractivity contribution is 5.93. The zero-order valence-corrected chi connectivity index (χ0v) is 9.44. The molecule has 1 atom stereocenters. The van der Waals surface area contributed by atoms with Gasteiger partial charge in [0.1, 0.15) is 0 Å². The number of hydrogen-bond acceptors (Lipinski definition) is 2. The number of carbonyl (C=O) groups excluding carboxylic acids is 1. The van der Waals surface area contributed by atoms with Gasteiger partial charge >= 0.3 is 0 Å². The van der Waals surface area contributed by atoms with Gasteiger partial charge in [0.05, 0.1) is 6.26 Å². The first-order valence-corrected chi connectivity index (χ1v) is 5.33. The molecule has 1 unspecified atom stereocenters. The number of rotatable bonds is 3. The smallest absolute Gasteiger partial charge is 0.195 e. The summed E-state index contributed by atoms with van der Waals surface area (Å²) >= 11 is 0. The molecular weight excluding hydrogens is 200 g/mol. The molecule has 2 aromatic rings. The van der Waals surface area contributed by atoms with Crippen LogP contribution in [-0.4, -0.2) is 5.78 Å². The summed E-state index contributed by atoms with van der Waals surface area (Å²) < 4.78 is 5.22. The maximum atomic E-state index is 11.4. The number of Topliss-reactive ketones (excluding diaryl/α,β-unsaturated/α-hetero) is 1. The quantitative estimate of drug-likeness (QED) is 0.730. The lowest BCUT2D eigenvalue weighted by molar-refractivity contribution is 0.0985. The third-order valence-corrected chi connectivity index (χ3v) is 2.78. The van der Waals surface area contributed by atoms with Gasteiger partial charge in [0.2, 0.25) is 0 Å². The molecule has 2 rings (SSSR count).